The molecule has 2 N–H and O–H groups in total. The lowest BCUT2D eigenvalue weighted by atomic mass is 10.1. The molecule has 1 heterocycles. The number of halogens is 1. The molecule has 27 heavy (non-hydrogen) atoms. The zero-order valence-electron chi connectivity index (χ0n) is 15.2. The van der Waals surface area contributed by atoms with Gasteiger partial charge in [-0.1, -0.05) is 18.2 Å². The molecule has 0 bridgehead atoms. The Kier molecular flexibility index (Phi) is 5.76. The average molecular weight is 368 g/mol. The highest BCUT2D eigenvalue weighted by atomic mass is 19.1. The van der Waals surface area contributed by atoms with E-state index in [-0.39, 0.29) is 5.69 Å². The SMILES string of the molecule is CCOc1cc(-c2ccc(N)c(F)c2)cnc1OCc1ccc(OC)cc1. The van der Waals surface area contributed by atoms with Crippen LogP contribution in [0.2, 0.25) is 0 Å². The highest BCUT2D eigenvalue weighted by Gasteiger charge is 2.11. The number of anilines is 1. The molecule has 0 amide bonds. The molecule has 0 aliphatic rings. The molecule has 0 unspecified atom stereocenters. The van der Waals surface area contributed by atoms with Gasteiger partial charge in [0.05, 0.1) is 19.4 Å². The number of hydrogen-bond donors (Lipinski definition) is 1. The molecule has 0 saturated heterocycles. The molecule has 140 valence electrons. The van der Waals surface area contributed by atoms with Gasteiger partial charge in [-0.05, 0) is 48.4 Å². The van der Waals surface area contributed by atoms with Crippen LogP contribution in [0, 0.1) is 5.82 Å². The first-order valence-electron chi connectivity index (χ1n) is 8.54. The van der Waals surface area contributed by atoms with Crippen LogP contribution in [-0.4, -0.2) is 18.7 Å². The van der Waals surface area contributed by atoms with Crippen molar-refractivity contribution in [3.63, 3.8) is 0 Å². The van der Waals surface area contributed by atoms with Gasteiger partial charge in [-0.25, -0.2) is 9.37 Å². The van der Waals surface area contributed by atoms with E-state index in [9.17, 15) is 4.39 Å². The number of nitrogen functional groups attached to an aromatic ring is 1. The van der Waals surface area contributed by atoms with Crippen molar-refractivity contribution in [3.05, 3.63) is 66.1 Å². The number of pyridine rings is 1. The molecule has 0 fully saturated rings. The Bertz CT molecular complexity index is 914. The summed E-state index contributed by atoms with van der Waals surface area (Å²) in [6, 6.07) is 14.0. The Morgan fingerprint density at radius 3 is 2.44 bits per heavy atom. The smallest absolute Gasteiger partial charge is 0.257 e. The second-order valence-electron chi connectivity index (χ2n) is 5.83. The van der Waals surface area contributed by atoms with Crippen molar-refractivity contribution < 1.29 is 18.6 Å². The molecule has 0 radical (unpaired) electrons. The topological polar surface area (TPSA) is 66.6 Å². The van der Waals surface area contributed by atoms with Gasteiger partial charge in [0.2, 0.25) is 0 Å². The first kappa shape index (κ1) is 18.5. The molecular formula is C21H21FN2O3. The van der Waals surface area contributed by atoms with E-state index in [1.165, 1.54) is 12.1 Å². The number of hydrogen-bond acceptors (Lipinski definition) is 5. The second-order valence-corrected chi connectivity index (χ2v) is 5.83. The maximum atomic E-state index is 13.7. The number of nitrogens with zero attached hydrogens (tertiary/aromatic N) is 1. The summed E-state index contributed by atoms with van der Waals surface area (Å²) in [5, 5.41) is 0. The Morgan fingerprint density at radius 2 is 1.78 bits per heavy atom. The molecule has 0 aliphatic heterocycles. The minimum Gasteiger partial charge on any atom is -0.497 e. The quantitative estimate of drug-likeness (QED) is 0.624. The fourth-order valence-electron chi connectivity index (χ4n) is 2.54. The fourth-order valence-corrected chi connectivity index (χ4v) is 2.54. The molecule has 5 nitrogen and oxygen atoms in total. The van der Waals surface area contributed by atoms with Crippen molar-refractivity contribution in [2.24, 2.45) is 0 Å². The molecule has 0 saturated carbocycles. The van der Waals surface area contributed by atoms with E-state index in [1.54, 1.807) is 25.4 Å². The molecule has 3 aromatic rings. The van der Waals surface area contributed by atoms with Gasteiger partial charge in [-0.15, -0.1) is 0 Å². The van der Waals surface area contributed by atoms with Gasteiger partial charge in [0.25, 0.3) is 5.88 Å². The van der Waals surface area contributed by atoms with E-state index in [0.717, 1.165) is 11.3 Å². The monoisotopic (exact) mass is 368 g/mol. The summed E-state index contributed by atoms with van der Waals surface area (Å²) in [5.74, 6) is 1.20. The lowest BCUT2D eigenvalue weighted by molar-refractivity contribution is 0.259. The predicted molar refractivity (Wildman–Crippen MR) is 103 cm³/mol. The van der Waals surface area contributed by atoms with E-state index in [2.05, 4.69) is 4.98 Å². The molecule has 2 aromatic carbocycles. The van der Waals surface area contributed by atoms with Gasteiger partial charge < -0.3 is 19.9 Å². The van der Waals surface area contributed by atoms with Gasteiger partial charge in [0.1, 0.15) is 18.2 Å². The Hall–Kier alpha value is -3.28. The number of ether oxygens (including phenoxy) is 3. The number of aromatic nitrogens is 1. The van der Waals surface area contributed by atoms with Crippen LogP contribution in [0.1, 0.15) is 12.5 Å². The van der Waals surface area contributed by atoms with Gasteiger partial charge in [-0.3, -0.25) is 0 Å². The summed E-state index contributed by atoms with van der Waals surface area (Å²) in [4.78, 5) is 4.35. The lowest BCUT2D eigenvalue weighted by Gasteiger charge is -2.13. The third-order valence-corrected chi connectivity index (χ3v) is 3.99. The van der Waals surface area contributed by atoms with Crippen molar-refractivity contribution in [1.82, 2.24) is 4.98 Å². The maximum Gasteiger partial charge on any atom is 0.257 e. The Labute approximate surface area is 157 Å². The van der Waals surface area contributed by atoms with Crippen LogP contribution in [0.4, 0.5) is 10.1 Å². The highest BCUT2D eigenvalue weighted by Crippen LogP contribution is 2.32. The lowest BCUT2D eigenvalue weighted by Crippen LogP contribution is -2.02. The van der Waals surface area contributed by atoms with Crippen molar-refractivity contribution >= 4 is 5.69 Å². The largest absolute Gasteiger partial charge is 0.497 e. The standard InChI is InChI=1S/C21H21FN2O3/c1-3-26-20-11-16(15-6-9-19(23)18(22)10-15)12-24-21(20)27-13-14-4-7-17(25-2)8-5-14/h4-12H,3,13,23H2,1-2H3. The molecule has 0 spiro atoms. The van der Waals surface area contributed by atoms with Crippen LogP contribution >= 0.6 is 0 Å². The Balaban J connectivity index is 1.81. The van der Waals surface area contributed by atoms with Gasteiger partial charge in [-0.2, -0.15) is 0 Å². The third-order valence-electron chi connectivity index (χ3n) is 3.99. The maximum absolute atomic E-state index is 13.7. The summed E-state index contributed by atoms with van der Waals surface area (Å²) in [6.07, 6.45) is 1.62. The van der Waals surface area contributed by atoms with Crippen molar-refractivity contribution in [2.75, 3.05) is 19.5 Å². The normalized spacial score (nSPS) is 10.5. The summed E-state index contributed by atoms with van der Waals surface area (Å²) < 4.78 is 30.4. The van der Waals surface area contributed by atoms with Gasteiger partial charge in [0.15, 0.2) is 5.75 Å². The number of benzene rings is 2. The second kappa shape index (κ2) is 8.40. The zero-order chi connectivity index (χ0) is 19.2. The molecular weight excluding hydrogens is 347 g/mol. The van der Waals surface area contributed by atoms with Crippen LogP contribution in [0.3, 0.4) is 0 Å². The van der Waals surface area contributed by atoms with E-state index >= 15 is 0 Å². The van der Waals surface area contributed by atoms with E-state index < -0.39 is 5.82 Å². The summed E-state index contributed by atoms with van der Waals surface area (Å²) in [5.41, 5.74) is 8.00. The number of methoxy groups -OCH3 is 1. The van der Waals surface area contributed by atoms with Crippen LogP contribution in [-0.2, 0) is 6.61 Å². The first-order valence-corrected chi connectivity index (χ1v) is 8.54. The molecule has 0 atom stereocenters. The minimum absolute atomic E-state index is 0.108. The highest BCUT2D eigenvalue weighted by molar-refractivity contribution is 5.67. The molecule has 3 rings (SSSR count). The first-order chi connectivity index (χ1) is 13.1. The average Bonchev–Trinajstić information content (AvgIpc) is 2.69. The van der Waals surface area contributed by atoms with Gasteiger partial charge in [0, 0.05) is 11.8 Å². The van der Waals surface area contributed by atoms with Crippen molar-refractivity contribution in [2.45, 2.75) is 13.5 Å². The Morgan fingerprint density at radius 1 is 1.00 bits per heavy atom. The molecule has 0 aliphatic carbocycles. The van der Waals surface area contributed by atoms with E-state index in [4.69, 9.17) is 19.9 Å². The predicted octanol–water partition coefficient (Wildman–Crippen LogP) is 4.46. The molecule has 1 aromatic heterocycles. The van der Waals surface area contributed by atoms with Crippen LogP contribution in [0.25, 0.3) is 11.1 Å². The summed E-state index contributed by atoms with van der Waals surface area (Å²) in [7, 11) is 1.62. The van der Waals surface area contributed by atoms with Crippen LogP contribution in [0.15, 0.2) is 54.7 Å². The minimum atomic E-state index is -0.467. The van der Waals surface area contributed by atoms with Crippen LogP contribution < -0.4 is 19.9 Å². The van der Waals surface area contributed by atoms with Gasteiger partial charge >= 0.3 is 0 Å². The van der Waals surface area contributed by atoms with E-state index in [1.807, 2.05) is 31.2 Å². The van der Waals surface area contributed by atoms with Crippen molar-refractivity contribution in [3.8, 4) is 28.5 Å². The fraction of sp³-hybridized carbons (Fsp3) is 0.190. The zero-order valence-corrected chi connectivity index (χ0v) is 15.2. The summed E-state index contributed by atoms with van der Waals surface area (Å²) in [6.45, 7) is 2.68. The van der Waals surface area contributed by atoms with Crippen molar-refractivity contribution in [1.29, 1.82) is 0 Å². The third kappa shape index (κ3) is 4.47. The summed E-state index contributed by atoms with van der Waals surface area (Å²) >= 11 is 0. The number of nitrogens with two attached hydrogens (primary N) is 1. The molecule has 6 heteroatoms. The van der Waals surface area contributed by atoms with E-state index in [0.29, 0.717) is 36.0 Å². The van der Waals surface area contributed by atoms with Crippen LogP contribution in [0.5, 0.6) is 17.4 Å². The number of rotatable bonds is 7.